The van der Waals surface area contributed by atoms with Gasteiger partial charge in [-0.1, -0.05) is 70.1 Å². The van der Waals surface area contributed by atoms with Crippen molar-refractivity contribution in [3.05, 3.63) is 101 Å². The number of imidazole rings is 1. The van der Waals surface area contributed by atoms with E-state index in [1.54, 1.807) is 11.1 Å². The number of hydrogen-bond donors (Lipinski definition) is 0. The number of hydrogen-bond acceptors (Lipinski definition) is 1. The normalized spacial score (nSPS) is 23.4. The molecule has 0 saturated heterocycles. The number of nitrogens with zero attached hydrogens (tertiary/aromatic N) is 3. The van der Waals surface area contributed by atoms with Crippen LogP contribution in [0.2, 0.25) is 0 Å². The first-order valence-electron chi connectivity index (χ1n) is 16.5. The van der Waals surface area contributed by atoms with Crippen LogP contribution >= 0.6 is 11.8 Å². The molecule has 10 rings (SSSR count). The molecule has 1 atom stereocenters. The molecular formula is C39H39N3S+2. The van der Waals surface area contributed by atoms with Crippen LogP contribution in [0.1, 0.15) is 107 Å². The maximum atomic E-state index is 2.84. The molecule has 3 nitrogen and oxygen atoms in total. The fourth-order valence-electron chi connectivity index (χ4n) is 9.78. The third-order valence-corrected chi connectivity index (χ3v) is 13.0. The van der Waals surface area contributed by atoms with Gasteiger partial charge in [-0.25, -0.2) is 4.57 Å². The predicted molar refractivity (Wildman–Crippen MR) is 172 cm³/mol. The molecule has 5 heterocycles. The lowest BCUT2D eigenvalue weighted by Gasteiger charge is -2.43. The van der Waals surface area contributed by atoms with Gasteiger partial charge in [0.2, 0.25) is 5.69 Å². The van der Waals surface area contributed by atoms with Gasteiger partial charge in [-0.05, 0) is 90.8 Å². The first-order valence-corrected chi connectivity index (χ1v) is 17.3. The Balaban J connectivity index is 1.47. The molecule has 4 heteroatoms. The fraction of sp³-hybridized carbons (Fsp3) is 0.385. The number of fused-ring (bicyclic) bond motifs is 9. The first kappa shape index (κ1) is 25.0. The third-order valence-electron chi connectivity index (χ3n) is 11.8. The van der Waals surface area contributed by atoms with Gasteiger partial charge in [-0.3, -0.25) is 0 Å². The summed E-state index contributed by atoms with van der Waals surface area (Å²) < 4.78 is 8.26. The van der Waals surface area contributed by atoms with E-state index >= 15 is 0 Å². The van der Waals surface area contributed by atoms with Gasteiger partial charge < -0.3 is 0 Å². The van der Waals surface area contributed by atoms with Crippen LogP contribution in [0, 0.1) is 0 Å². The Bertz CT molecular complexity index is 2010. The first-order chi connectivity index (χ1) is 20.8. The molecule has 0 N–H and O–H groups in total. The van der Waals surface area contributed by atoms with Gasteiger partial charge in [-0.15, -0.1) is 0 Å². The van der Waals surface area contributed by atoms with E-state index in [-0.39, 0.29) is 10.8 Å². The molecule has 1 fully saturated rings. The van der Waals surface area contributed by atoms with E-state index in [1.807, 2.05) is 0 Å². The summed E-state index contributed by atoms with van der Waals surface area (Å²) >= 11 is 2.06. The second kappa shape index (κ2) is 8.01. The third kappa shape index (κ3) is 2.82. The Morgan fingerprint density at radius 2 is 1.58 bits per heavy atom. The van der Waals surface area contributed by atoms with Gasteiger partial charge in [0.05, 0.1) is 26.5 Å². The molecule has 0 amide bonds. The van der Waals surface area contributed by atoms with Crippen molar-refractivity contribution in [1.29, 1.82) is 0 Å². The SMILES string of the molecule is CC1(C)CCC(C)(C)c2c1cc1c3c2Sc2cccc4c2[n+]-3c(n4C2CCCCC2)C12c1ccccc1-c1cccc[n+]12. The second-order valence-electron chi connectivity index (χ2n) is 15.1. The van der Waals surface area contributed by atoms with Gasteiger partial charge in [0.15, 0.2) is 22.9 Å². The maximum Gasteiger partial charge on any atom is 0.347 e. The van der Waals surface area contributed by atoms with Crippen molar-refractivity contribution in [2.75, 3.05) is 0 Å². The predicted octanol–water partition coefficient (Wildman–Crippen LogP) is 8.66. The average Bonchev–Trinajstić information content (AvgIpc) is 3.62. The van der Waals surface area contributed by atoms with Crippen molar-refractivity contribution < 1.29 is 9.13 Å². The molecule has 1 spiro atoms. The fourth-order valence-corrected chi connectivity index (χ4v) is 11.2. The Labute approximate surface area is 258 Å². The molecule has 0 bridgehead atoms. The minimum absolute atomic E-state index is 0.128. The van der Waals surface area contributed by atoms with E-state index in [2.05, 4.69) is 126 Å². The quantitative estimate of drug-likeness (QED) is 0.177. The molecular weight excluding hydrogens is 543 g/mol. The molecule has 214 valence electrons. The average molecular weight is 582 g/mol. The molecule has 5 aliphatic rings. The molecule has 5 aromatic rings. The van der Waals surface area contributed by atoms with Crippen LogP contribution in [0.5, 0.6) is 0 Å². The van der Waals surface area contributed by atoms with Crippen molar-refractivity contribution in [3.63, 3.8) is 0 Å². The standard InChI is InChI=1S/C39H39N3S/c1-37(2)20-21-38(3,4)32-27(37)23-28-33-35(32)43-31-19-12-18-30-34(31)42(33)36(41(30)24-13-6-5-7-14-24)39(28)26-16-9-8-15-25(26)29-17-10-11-22-40(29)39/h8-12,15-19,22-24H,5-7,13-14,20-21H2,1-4H3/q+2. The number of benzene rings is 3. The summed E-state index contributed by atoms with van der Waals surface area (Å²) in [6.45, 7) is 9.99. The number of para-hydroxylation sites is 1. The topological polar surface area (TPSA) is 12.7 Å². The van der Waals surface area contributed by atoms with Gasteiger partial charge in [0.1, 0.15) is 6.04 Å². The maximum absolute atomic E-state index is 2.84. The van der Waals surface area contributed by atoms with Crippen LogP contribution in [0.15, 0.2) is 82.7 Å². The van der Waals surface area contributed by atoms with Gasteiger partial charge in [-0.2, -0.15) is 9.13 Å². The Morgan fingerprint density at radius 1 is 0.791 bits per heavy atom. The lowest BCUT2D eigenvalue weighted by Crippen LogP contribution is -2.58. The molecule has 3 aliphatic heterocycles. The van der Waals surface area contributed by atoms with Crippen LogP contribution in [0.25, 0.3) is 28.0 Å². The summed E-state index contributed by atoms with van der Waals surface area (Å²) in [4.78, 5) is 2.93. The van der Waals surface area contributed by atoms with E-state index < -0.39 is 5.54 Å². The molecule has 43 heavy (non-hydrogen) atoms. The van der Waals surface area contributed by atoms with Crippen molar-refractivity contribution in [3.8, 4) is 16.9 Å². The highest BCUT2D eigenvalue weighted by Gasteiger charge is 2.69. The minimum Gasteiger partial charge on any atom is -0.217 e. The highest BCUT2D eigenvalue weighted by Crippen LogP contribution is 2.60. The van der Waals surface area contributed by atoms with Crippen LogP contribution in [-0.2, 0) is 16.4 Å². The number of aromatic nitrogens is 3. The number of rotatable bonds is 1. The Morgan fingerprint density at radius 3 is 2.44 bits per heavy atom. The van der Waals surface area contributed by atoms with Crippen molar-refractivity contribution in [2.45, 2.75) is 105 Å². The van der Waals surface area contributed by atoms with E-state index in [0.717, 1.165) is 0 Å². The summed E-state index contributed by atoms with van der Waals surface area (Å²) in [5.41, 5.74) is 12.9. The highest BCUT2D eigenvalue weighted by molar-refractivity contribution is 7.99. The van der Waals surface area contributed by atoms with Crippen LogP contribution < -0.4 is 9.13 Å². The Kier molecular flexibility index (Phi) is 4.66. The van der Waals surface area contributed by atoms with Gasteiger partial charge in [0, 0.05) is 12.1 Å². The van der Waals surface area contributed by atoms with Crippen LogP contribution in [-0.4, -0.2) is 4.57 Å². The van der Waals surface area contributed by atoms with Crippen molar-refractivity contribution in [1.82, 2.24) is 4.57 Å². The molecule has 1 unspecified atom stereocenters. The van der Waals surface area contributed by atoms with E-state index in [1.165, 1.54) is 99.7 Å². The van der Waals surface area contributed by atoms with Crippen molar-refractivity contribution >= 4 is 22.8 Å². The summed E-state index contributed by atoms with van der Waals surface area (Å²) in [7, 11) is 0. The second-order valence-corrected chi connectivity index (χ2v) is 16.1. The van der Waals surface area contributed by atoms with Crippen LogP contribution in [0.3, 0.4) is 0 Å². The molecule has 2 aliphatic carbocycles. The highest BCUT2D eigenvalue weighted by atomic mass is 32.2. The lowest BCUT2D eigenvalue weighted by atomic mass is 9.62. The van der Waals surface area contributed by atoms with E-state index in [4.69, 9.17) is 0 Å². The van der Waals surface area contributed by atoms with Gasteiger partial charge >= 0.3 is 11.4 Å². The summed E-state index contributed by atoms with van der Waals surface area (Å²) in [6, 6.07) is 26.5. The monoisotopic (exact) mass is 581 g/mol. The minimum atomic E-state index is -0.414. The molecule has 1 saturated carbocycles. The van der Waals surface area contributed by atoms with Crippen molar-refractivity contribution in [2.24, 2.45) is 0 Å². The van der Waals surface area contributed by atoms with E-state index in [9.17, 15) is 0 Å². The zero-order valence-electron chi connectivity index (χ0n) is 25.7. The smallest absolute Gasteiger partial charge is 0.217 e. The summed E-state index contributed by atoms with van der Waals surface area (Å²) in [5, 5.41) is 0. The Hall–Kier alpha value is -3.37. The van der Waals surface area contributed by atoms with E-state index in [0.29, 0.717) is 6.04 Å². The largest absolute Gasteiger partial charge is 0.347 e. The molecule has 2 aromatic heterocycles. The zero-order valence-corrected chi connectivity index (χ0v) is 26.5. The lowest BCUT2D eigenvalue weighted by molar-refractivity contribution is -0.733. The molecule has 3 aromatic carbocycles. The van der Waals surface area contributed by atoms with Gasteiger partial charge in [0.25, 0.3) is 0 Å². The summed E-state index contributed by atoms with van der Waals surface area (Å²) in [6.07, 6.45) is 11.3. The van der Waals surface area contributed by atoms with Crippen LogP contribution in [0.4, 0.5) is 0 Å². The number of pyridine rings is 1. The summed E-state index contributed by atoms with van der Waals surface area (Å²) in [5.74, 6) is 1.46. The molecule has 0 radical (unpaired) electrons. The zero-order chi connectivity index (χ0) is 28.9.